The number of benzene rings is 1. The predicted molar refractivity (Wildman–Crippen MR) is 78.8 cm³/mol. The highest BCUT2D eigenvalue weighted by molar-refractivity contribution is 5.41. The molecule has 0 fully saturated rings. The lowest BCUT2D eigenvalue weighted by atomic mass is 10.2. The summed E-state index contributed by atoms with van der Waals surface area (Å²) in [5.41, 5.74) is 4.30. The molecule has 0 radical (unpaired) electrons. The minimum absolute atomic E-state index is 0.784. The van der Waals surface area contributed by atoms with Crippen molar-refractivity contribution in [3.63, 3.8) is 0 Å². The van der Waals surface area contributed by atoms with Crippen LogP contribution in [0.5, 0.6) is 0 Å². The van der Waals surface area contributed by atoms with Gasteiger partial charge in [0, 0.05) is 6.20 Å². The van der Waals surface area contributed by atoms with Gasteiger partial charge in [-0.15, -0.1) is 0 Å². The van der Waals surface area contributed by atoms with Gasteiger partial charge in [0.2, 0.25) is 0 Å². The van der Waals surface area contributed by atoms with Gasteiger partial charge in [0.15, 0.2) is 0 Å². The Morgan fingerprint density at radius 1 is 1.32 bits per heavy atom. The largest absolute Gasteiger partial charge is 0.267 e. The van der Waals surface area contributed by atoms with Crippen molar-refractivity contribution in [3.8, 4) is 11.8 Å². The van der Waals surface area contributed by atoms with Gasteiger partial charge in [0.05, 0.1) is 17.8 Å². The Hall–Kier alpha value is -2.27. The first-order chi connectivity index (χ1) is 9.19. The Labute approximate surface area is 114 Å². The quantitative estimate of drug-likeness (QED) is 0.745. The Kier molecular flexibility index (Phi) is 4.20. The first kappa shape index (κ1) is 13.2. The number of rotatable bonds is 2. The van der Waals surface area contributed by atoms with Crippen LogP contribution in [0.4, 0.5) is 0 Å². The summed E-state index contributed by atoms with van der Waals surface area (Å²) >= 11 is 0. The lowest BCUT2D eigenvalue weighted by molar-refractivity contribution is 0.679. The molecule has 0 atom stereocenters. The monoisotopic (exact) mass is 250 g/mol. The molecule has 0 saturated heterocycles. The van der Waals surface area contributed by atoms with Crippen LogP contribution in [0.15, 0.2) is 48.2 Å². The van der Waals surface area contributed by atoms with Gasteiger partial charge in [0.25, 0.3) is 0 Å². The van der Waals surface area contributed by atoms with E-state index in [2.05, 4.69) is 29.1 Å². The average molecular weight is 250 g/mol. The third kappa shape index (κ3) is 3.59. The fourth-order valence-corrected chi connectivity index (χ4v) is 1.73. The zero-order valence-electron chi connectivity index (χ0n) is 11.6. The van der Waals surface area contributed by atoms with Crippen molar-refractivity contribution in [3.05, 3.63) is 65.0 Å². The smallest absolute Gasteiger partial charge is 0.0750 e. The number of hydrogen-bond acceptors (Lipinski definition) is 1. The molecule has 2 heteroatoms. The highest BCUT2D eigenvalue weighted by Gasteiger charge is 2.02. The molecule has 2 rings (SSSR count). The highest BCUT2D eigenvalue weighted by atomic mass is 15.3. The maximum Gasteiger partial charge on any atom is 0.0750 e. The Bertz CT molecular complexity index is 637. The molecule has 1 heterocycles. The standard InChI is InChI=1S/C17H18N2/c1-4-14(2)10-11-17-13-19(18-15(17)3)12-16-8-6-5-7-9-16/h4-9,13H,12H2,1-3H3/b14-4-. The molecular weight excluding hydrogens is 232 g/mol. The van der Waals surface area contributed by atoms with E-state index in [9.17, 15) is 0 Å². The van der Waals surface area contributed by atoms with Crippen molar-refractivity contribution in [2.24, 2.45) is 0 Å². The molecule has 2 aromatic rings. The molecule has 0 bridgehead atoms. The van der Waals surface area contributed by atoms with Crippen LogP contribution in [0.1, 0.15) is 30.7 Å². The molecule has 0 aliphatic rings. The minimum atomic E-state index is 0.784. The molecule has 0 amide bonds. The highest BCUT2D eigenvalue weighted by Crippen LogP contribution is 2.07. The number of aromatic nitrogens is 2. The van der Waals surface area contributed by atoms with Crippen LogP contribution in [-0.2, 0) is 6.54 Å². The zero-order valence-corrected chi connectivity index (χ0v) is 11.6. The van der Waals surface area contributed by atoms with E-state index < -0.39 is 0 Å². The van der Waals surface area contributed by atoms with Gasteiger partial charge in [0.1, 0.15) is 0 Å². The van der Waals surface area contributed by atoms with Crippen molar-refractivity contribution in [1.82, 2.24) is 9.78 Å². The van der Waals surface area contributed by atoms with Gasteiger partial charge < -0.3 is 0 Å². The summed E-state index contributed by atoms with van der Waals surface area (Å²) in [5, 5.41) is 4.50. The maximum absolute atomic E-state index is 4.50. The zero-order chi connectivity index (χ0) is 13.7. The second kappa shape index (κ2) is 6.06. The Morgan fingerprint density at radius 2 is 2.05 bits per heavy atom. The van der Waals surface area contributed by atoms with E-state index in [1.165, 1.54) is 5.56 Å². The maximum atomic E-state index is 4.50. The van der Waals surface area contributed by atoms with E-state index in [4.69, 9.17) is 0 Å². The molecule has 0 saturated carbocycles. The molecule has 1 aromatic carbocycles. The summed E-state index contributed by atoms with van der Waals surface area (Å²) in [6, 6.07) is 10.3. The summed E-state index contributed by atoms with van der Waals surface area (Å²) in [7, 11) is 0. The molecule has 0 aliphatic carbocycles. The lowest BCUT2D eigenvalue weighted by Crippen LogP contribution is -1.99. The second-order valence-electron chi connectivity index (χ2n) is 4.53. The van der Waals surface area contributed by atoms with Crippen LogP contribution in [0.2, 0.25) is 0 Å². The average Bonchev–Trinajstić information content (AvgIpc) is 2.77. The van der Waals surface area contributed by atoms with Gasteiger partial charge in [-0.3, -0.25) is 4.68 Å². The van der Waals surface area contributed by atoms with Crippen LogP contribution in [0.3, 0.4) is 0 Å². The molecule has 19 heavy (non-hydrogen) atoms. The van der Waals surface area contributed by atoms with Gasteiger partial charge >= 0.3 is 0 Å². The summed E-state index contributed by atoms with van der Waals surface area (Å²) in [4.78, 5) is 0. The number of hydrogen-bond donors (Lipinski definition) is 0. The summed E-state index contributed by atoms with van der Waals surface area (Å²) in [5.74, 6) is 6.29. The molecule has 0 aliphatic heterocycles. The minimum Gasteiger partial charge on any atom is -0.267 e. The third-order valence-corrected chi connectivity index (χ3v) is 2.96. The van der Waals surface area contributed by atoms with Crippen LogP contribution in [0, 0.1) is 18.8 Å². The van der Waals surface area contributed by atoms with Crippen molar-refractivity contribution in [1.29, 1.82) is 0 Å². The SMILES string of the molecule is C/C=C(/C)C#Cc1cn(Cc2ccccc2)nc1C. The Morgan fingerprint density at radius 3 is 2.74 bits per heavy atom. The topological polar surface area (TPSA) is 17.8 Å². The molecule has 1 aromatic heterocycles. The first-order valence-electron chi connectivity index (χ1n) is 6.42. The van der Waals surface area contributed by atoms with Gasteiger partial charge in [-0.1, -0.05) is 48.2 Å². The first-order valence-corrected chi connectivity index (χ1v) is 6.42. The van der Waals surface area contributed by atoms with E-state index in [-0.39, 0.29) is 0 Å². The number of nitrogens with zero attached hydrogens (tertiary/aromatic N) is 2. The van der Waals surface area contributed by atoms with E-state index in [0.717, 1.165) is 23.4 Å². The fourth-order valence-electron chi connectivity index (χ4n) is 1.73. The van der Waals surface area contributed by atoms with Crippen LogP contribution in [-0.4, -0.2) is 9.78 Å². The molecule has 96 valence electrons. The molecule has 0 spiro atoms. The predicted octanol–water partition coefficient (Wildman–Crippen LogP) is 3.56. The van der Waals surface area contributed by atoms with E-state index in [1.807, 2.05) is 55.9 Å². The Balaban J connectivity index is 2.19. The molecule has 2 nitrogen and oxygen atoms in total. The summed E-state index contributed by atoms with van der Waals surface area (Å²) in [6.07, 6.45) is 4.02. The second-order valence-corrected chi connectivity index (χ2v) is 4.53. The van der Waals surface area contributed by atoms with Crippen molar-refractivity contribution in [2.45, 2.75) is 27.3 Å². The van der Waals surface area contributed by atoms with Crippen molar-refractivity contribution >= 4 is 0 Å². The van der Waals surface area contributed by atoms with Gasteiger partial charge in [-0.2, -0.15) is 5.10 Å². The van der Waals surface area contributed by atoms with Gasteiger partial charge in [-0.05, 0) is 31.9 Å². The lowest BCUT2D eigenvalue weighted by Gasteiger charge is -2.00. The van der Waals surface area contributed by atoms with Crippen LogP contribution < -0.4 is 0 Å². The number of aryl methyl sites for hydroxylation is 1. The summed E-state index contributed by atoms with van der Waals surface area (Å²) < 4.78 is 1.94. The molecular formula is C17H18N2. The number of allylic oxidation sites excluding steroid dienone is 2. The normalized spacial score (nSPS) is 11.0. The molecule has 0 N–H and O–H groups in total. The fraction of sp³-hybridized carbons (Fsp3) is 0.235. The van der Waals surface area contributed by atoms with E-state index in [0.29, 0.717) is 0 Å². The van der Waals surface area contributed by atoms with E-state index in [1.54, 1.807) is 0 Å². The van der Waals surface area contributed by atoms with E-state index >= 15 is 0 Å². The summed E-state index contributed by atoms with van der Waals surface area (Å²) in [6.45, 7) is 6.79. The molecule has 0 unspecified atom stereocenters. The van der Waals surface area contributed by atoms with Crippen LogP contribution in [0.25, 0.3) is 0 Å². The van der Waals surface area contributed by atoms with Crippen molar-refractivity contribution in [2.75, 3.05) is 0 Å². The third-order valence-electron chi connectivity index (χ3n) is 2.96. The van der Waals surface area contributed by atoms with Crippen molar-refractivity contribution < 1.29 is 0 Å². The van der Waals surface area contributed by atoms with Crippen LogP contribution >= 0.6 is 0 Å². The van der Waals surface area contributed by atoms with Gasteiger partial charge in [-0.25, -0.2) is 0 Å².